The SMILES string of the molecule is CC1(C)c2ccccc2-c2cc(-c3ccccc3)c(N(c3ccc(C4CCCCC4)cc3)c3cc4ccc3CCc3ccc(c(N(c5ccccc5)c5ccc(C6CC7CCC6C7)cc5)c3)CC4)cc21. The number of hydrogen-bond donors (Lipinski definition) is 0. The predicted octanol–water partition coefficient (Wildman–Crippen LogP) is 18.4. The fourth-order valence-electron chi connectivity index (χ4n) is 14.0. The molecule has 0 heterocycles. The van der Waals surface area contributed by atoms with Gasteiger partial charge in [0.1, 0.15) is 0 Å². The summed E-state index contributed by atoms with van der Waals surface area (Å²) in [4.78, 5) is 5.20. The zero-order valence-electron chi connectivity index (χ0n) is 41.2. The van der Waals surface area contributed by atoms with Crippen LogP contribution in [0, 0.1) is 11.8 Å². The fourth-order valence-corrected chi connectivity index (χ4v) is 14.0. The third-order valence-electron chi connectivity index (χ3n) is 17.7. The van der Waals surface area contributed by atoms with Gasteiger partial charge in [-0.2, -0.15) is 0 Å². The van der Waals surface area contributed by atoms with Crippen LogP contribution in [0.25, 0.3) is 22.3 Å². The Balaban J connectivity index is 0.923. The molecule has 70 heavy (non-hydrogen) atoms. The van der Waals surface area contributed by atoms with E-state index in [0.29, 0.717) is 5.92 Å². The molecule has 3 unspecified atom stereocenters. The molecule has 0 aromatic heterocycles. The second-order valence-corrected chi connectivity index (χ2v) is 22.2. The summed E-state index contributed by atoms with van der Waals surface area (Å²) in [7, 11) is 0. The normalized spacial score (nSPS) is 19.9. The minimum Gasteiger partial charge on any atom is -0.310 e. The number of hydrogen-bond acceptors (Lipinski definition) is 2. The van der Waals surface area contributed by atoms with Crippen LogP contribution in [-0.4, -0.2) is 0 Å². The van der Waals surface area contributed by atoms with E-state index < -0.39 is 0 Å². The minimum absolute atomic E-state index is 0.136. The summed E-state index contributed by atoms with van der Waals surface area (Å²) in [6.45, 7) is 4.84. The van der Waals surface area contributed by atoms with Gasteiger partial charge in [0.2, 0.25) is 0 Å². The van der Waals surface area contributed by atoms with Gasteiger partial charge >= 0.3 is 0 Å². The Kier molecular flexibility index (Phi) is 11.1. The Hall–Kier alpha value is -6.64. The van der Waals surface area contributed by atoms with Gasteiger partial charge in [0.05, 0.1) is 5.69 Å². The summed E-state index contributed by atoms with van der Waals surface area (Å²) in [5.41, 5.74) is 24.0. The van der Waals surface area contributed by atoms with Gasteiger partial charge in [-0.05, 0) is 203 Å². The van der Waals surface area contributed by atoms with Gasteiger partial charge in [-0.25, -0.2) is 0 Å². The van der Waals surface area contributed by atoms with E-state index in [1.165, 1.54) is 159 Å². The first-order chi connectivity index (χ1) is 34.4. The lowest BCUT2D eigenvalue weighted by molar-refractivity contribution is 0.420. The first kappa shape index (κ1) is 43.4. The number of fused-ring (bicyclic) bond motifs is 5. The third-order valence-corrected chi connectivity index (χ3v) is 17.7. The van der Waals surface area contributed by atoms with Gasteiger partial charge in [0.15, 0.2) is 0 Å². The molecule has 3 fully saturated rings. The van der Waals surface area contributed by atoms with Crippen molar-refractivity contribution in [2.45, 2.75) is 115 Å². The zero-order chi connectivity index (χ0) is 46.8. The molecule has 8 aromatic rings. The number of anilines is 6. The van der Waals surface area contributed by atoms with Crippen LogP contribution in [0.1, 0.15) is 128 Å². The van der Waals surface area contributed by atoms with E-state index in [1.807, 2.05) is 0 Å². The van der Waals surface area contributed by atoms with E-state index in [0.717, 1.165) is 43.4 Å². The molecule has 8 aliphatic rings. The average Bonchev–Trinajstić information content (AvgIpc) is 4.11. The summed E-state index contributed by atoms with van der Waals surface area (Å²) in [5, 5.41) is 0. The summed E-state index contributed by atoms with van der Waals surface area (Å²) in [6.07, 6.45) is 16.1. The van der Waals surface area contributed by atoms with Crippen LogP contribution in [0.2, 0.25) is 0 Å². The number of rotatable bonds is 9. The maximum absolute atomic E-state index is 2.65. The first-order valence-electron chi connectivity index (χ1n) is 26.9. The van der Waals surface area contributed by atoms with Crippen LogP contribution in [0.3, 0.4) is 0 Å². The first-order valence-corrected chi connectivity index (χ1v) is 26.9. The molecule has 2 nitrogen and oxygen atoms in total. The monoisotopic (exact) mass is 911 g/mol. The van der Waals surface area contributed by atoms with Crippen LogP contribution >= 0.6 is 0 Å². The van der Waals surface area contributed by atoms with Crippen LogP contribution in [0.15, 0.2) is 182 Å². The van der Waals surface area contributed by atoms with E-state index in [4.69, 9.17) is 0 Å². The molecule has 0 aliphatic heterocycles. The number of aryl methyl sites for hydroxylation is 4. The molecule has 2 heteroatoms. The van der Waals surface area contributed by atoms with Crippen molar-refractivity contribution in [1.82, 2.24) is 0 Å². The molecular weight excluding hydrogens is 845 g/mol. The molecule has 8 aromatic carbocycles. The lowest BCUT2D eigenvalue weighted by Gasteiger charge is -2.33. The fraction of sp³-hybridized carbons (Fsp3) is 0.294. The van der Waals surface area contributed by atoms with Crippen molar-refractivity contribution < 1.29 is 0 Å². The highest BCUT2D eigenvalue weighted by atomic mass is 15.2. The lowest BCUT2D eigenvalue weighted by atomic mass is 9.81. The lowest BCUT2D eigenvalue weighted by Crippen LogP contribution is -2.18. The zero-order valence-corrected chi connectivity index (χ0v) is 41.2. The van der Waals surface area contributed by atoms with Crippen molar-refractivity contribution in [3.8, 4) is 22.3 Å². The van der Waals surface area contributed by atoms with Crippen LogP contribution in [-0.2, 0) is 31.1 Å². The topological polar surface area (TPSA) is 6.48 Å². The molecule has 8 aliphatic carbocycles. The van der Waals surface area contributed by atoms with Crippen molar-refractivity contribution in [3.05, 3.63) is 226 Å². The smallest absolute Gasteiger partial charge is 0.0543 e. The van der Waals surface area contributed by atoms with Crippen molar-refractivity contribution in [2.24, 2.45) is 11.8 Å². The van der Waals surface area contributed by atoms with Crippen molar-refractivity contribution in [2.75, 3.05) is 9.80 Å². The molecule has 0 N–H and O–H groups in total. The highest BCUT2D eigenvalue weighted by Gasteiger charge is 2.40. The summed E-state index contributed by atoms with van der Waals surface area (Å²) in [5.74, 6) is 3.20. The van der Waals surface area contributed by atoms with Gasteiger partial charge in [0, 0.05) is 39.4 Å². The van der Waals surface area contributed by atoms with Gasteiger partial charge < -0.3 is 9.80 Å². The third kappa shape index (κ3) is 7.79. The average molecular weight is 911 g/mol. The molecule has 348 valence electrons. The van der Waals surface area contributed by atoms with Gasteiger partial charge in [0.25, 0.3) is 0 Å². The molecule has 0 saturated heterocycles. The van der Waals surface area contributed by atoms with Crippen molar-refractivity contribution in [1.29, 1.82) is 0 Å². The maximum atomic E-state index is 2.65. The Bertz CT molecular complexity index is 3180. The molecule has 0 amide bonds. The largest absolute Gasteiger partial charge is 0.310 e. The van der Waals surface area contributed by atoms with E-state index in [9.17, 15) is 0 Å². The van der Waals surface area contributed by atoms with Crippen molar-refractivity contribution >= 4 is 34.1 Å². The highest BCUT2D eigenvalue weighted by molar-refractivity contribution is 5.95. The van der Waals surface area contributed by atoms with Gasteiger partial charge in [-0.3, -0.25) is 0 Å². The van der Waals surface area contributed by atoms with Gasteiger partial charge in [-0.15, -0.1) is 0 Å². The number of nitrogens with zero attached hydrogens (tertiary/aromatic N) is 2. The Morgan fingerprint density at radius 2 is 1.01 bits per heavy atom. The molecule has 3 saturated carbocycles. The van der Waals surface area contributed by atoms with Crippen molar-refractivity contribution in [3.63, 3.8) is 0 Å². The Morgan fingerprint density at radius 1 is 0.414 bits per heavy atom. The quantitative estimate of drug-likeness (QED) is 0.142. The predicted molar refractivity (Wildman–Crippen MR) is 294 cm³/mol. The second kappa shape index (κ2) is 18.0. The number of para-hydroxylation sites is 1. The summed E-state index contributed by atoms with van der Waals surface area (Å²) in [6, 6.07) is 70.8. The Morgan fingerprint density at radius 3 is 1.67 bits per heavy atom. The van der Waals surface area contributed by atoms with E-state index in [-0.39, 0.29) is 5.41 Å². The summed E-state index contributed by atoms with van der Waals surface area (Å²) < 4.78 is 0. The molecule has 0 spiro atoms. The van der Waals surface area contributed by atoms with Gasteiger partial charge in [-0.1, -0.05) is 161 Å². The maximum Gasteiger partial charge on any atom is 0.0543 e. The van der Waals surface area contributed by atoms with Crippen LogP contribution in [0.4, 0.5) is 34.1 Å². The molecule has 3 atom stereocenters. The standard InChI is InChI=1S/C68H66N2/c1-68(2)63-21-13-12-20-59(63)62-44-61(51-16-8-4-9-17-51)67(45-64(62)68)70(58-36-32-50(33-37-58)49-14-6-3-7-15-49)66-43-47-23-28-53-27-22-46(24-29-54(66)30-25-47)42-65(53)69(56-18-10-5-11-19-56)57-38-34-52(35-39-57)60-41-48-26-31-55(60)40-48/h4-5,8-13,16-22,25,27,30,32-39,42-45,48-49,55,60H,3,6-7,14-15,23-24,26,28-29,31,40-41H2,1-2H3. The molecule has 6 bridgehead atoms. The van der Waals surface area contributed by atoms with Crippen LogP contribution < -0.4 is 9.80 Å². The molecule has 0 radical (unpaired) electrons. The molecular formula is C68H66N2. The Labute approximate surface area is 417 Å². The molecule has 16 rings (SSSR count). The van der Waals surface area contributed by atoms with Crippen LogP contribution in [0.5, 0.6) is 0 Å². The minimum atomic E-state index is -0.136. The second-order valence-electron chi connectivity index (χ2n) is 22.2. The van der Waals surface area contributed by atoms with E-state index >= 15 is 0 Å². The highest BCUT2D eigenvalue weighted by Crippen LogP contribution is 2.55. The van der Waals surface area contributed by atoms with E-state index in [1.54, 1.807) is 0 Å². The summed E-state index contributed by atoms with van der Waals surface area (Å²) >= 11 is 0. The number of benzene rings is 8. The van der Waals surface area contributed by atoms with E-state index in [2.05, 4.69) is 206 Å².